The van der Waals surface area contributed by atoms with Crippen LogP contribution in [0.3, 0.4) is 0 Å². The van der Waals surface area contributed by atoms with Crippen LogP contribution in [0.25, 0.3) is 0 Å². The lowest BCUT2D eigenvalue weighted by atomic mass is 9.99. The van der Waals surface area contributed by atoms with Crippen molar-refractivity contribution in [3.63, 3.8) is 0 Å². The summed E-state index contributed by atoms with van der Waals surface area (Å²) in [4.78, 5) is 6.90. The predicted molar refractivity (Wildman–Crippen MR) is 105 cm³/mol. The molecule has 140 valence electrons. The summed E-state index contributed by atoms with van der Waals surface area (Å²) < 4.78 is 5.26. The van der Waals surface area contributed by atoms with Crippen LogP contribution in [-0.2, 0) is 6.54 Å². The molecule has 1 heterocycles. The zero-order valence-electron chi connectivity index (χ0n) is 16.1. The summed E-state index contributed by atoms with van der Waals surface area (Å²) in [5.74, 6) is 2.65. The van der Waals surface area contributed by atoms with Gasteiger partial charge in [-0.3, -0.25) is 4.99 Å². The third-order valence-electron chi connectivity index (χ3n) is 4.89. The fraction of sp³-hybridized carbons (Fsp3) is 0.650. The molecule has 1 saturated heterocycles. The molecular formula is C20H34N4O. The van der Waals surface area contributed by atoms with Crippen molar-refractivity contribution in [2.75, 3.05) is 40.3 Å². The van der Waals surface area contributed by atoms with E-state index in [1.165, 1.54) is 50.9 Å². The maximum absolute atomic E-state index is 5.26. The highest BCUT2D eigenvalue weighted by Crippen LogP contribution is 2.16. The average Bonchev–Trinajstić information content (AvgIpc) is 2.65. The molecule has 5 heteroatoms. The van der Waals surface area contributed by atoms with Gasteiger partial charge in [0.15, 0.2) is 5.96 Å². The van der Waals surface area contributed by atoms with E-state index < -0.39 is 0 Å². The zero-order valence-corrected chi connectivity index (χ0v) is 16.1. The van der Waals surface area contributed by atoms with Gasteiger partial charge in [0.2, 0.25) is 0 Å². The highest BCUT2D eigenvalue weighted by atomic mass is 16.5. The molecule has 0 spiro atoms. The topological polar surface area (TPSA) is 48.9 Å². The summed E-state index contributed by atoms with van der Waals surface area (Å²) in [5, 5.41) is 6.76. The predicted octanol–water partition coefficient (Wildman–Crippen LogP) is 2.87. The number of likely N-dealkylation sites (tertiary alicyclic amines) is 1. The smallest absolute Gasteiger partial charge is 0.191 e. The number of ether oxygens (including phenoxy) is 1. The third kappa shape index (κ3) is 7.34. The molecule has 0 amide bonds. The summed E-state index contributed by atoms with van der Waals surface area (Å²) in [7, 11) is 3.51. The van der Waals surface area contributed by atoms with Gasteiger partial charge >= 0.3 is 0 Å². The summed E-state index contributed by atoms with van der Waals surface area (Å²) >= 11 is 0. The molecule has 25 heavy (non-hydrogen) atoms. The van der Waals surface area contributed by atoms with Gasteiger partial charge in [0, 0.05) is 20.1 Å². The van der Waals surface area contributed by atoms with Crippen molar-refractivity contribution in [2.24, 2.45) is 10.9 Å². The second-order valence-electron chi connectivity index (χ2n) is 6.94. The standard InChI is InChI=1S/C20H34N4O/c1-17-9-13-24(14-10-17)12-5-4-11-22-20(21-2)23-16-18-7-6-8-19(15-18)25-3/h6-8,15,17H,4-5,9-14,16H2,1-3H3,(H2,21,22,23). The van der Waals surface area contributed by atoms with Gasteiger partial charge in [-0.2, -0.15) is 0 Å². The minimum Gasteiger partial charge on any atom is -0.497 e. The Morgan fingerprint density at radius 1 is 1.24 bits per heavy atom. The van der Waals surface area contributed by atoms with Gasteiger partial charge in [0.25, 0.3) is 0 Å². The van der Waals surface area contributed by atoms with Crippen molar-refractivity contribution in [1.82, 2.24) is 15.5 Å². The van der Waals surface area contributed by atoms with Crippen LogP contribution in [0, 0.1) is 5.92 Å². The lowest BCUT2D eigenvalue weighted by Crippen LogP contribution is -2.38. The SMILES string of the molecule is CN=C(NCCCCN1CCC(C)CC1)NCc1cccc(OC)c1. The van der Waals surface area contributed by atoms with Gasteiger partial charge in [-0.15, -0.1) is 0 Å². The van der Waals surface area contributed by atoms with Gasteiger partial charge in [-0.05, 0) is 68.9 Å². The minimum absolute atomic E-state index is 0.739. The van der Waals surface area contributed by atoms with Crippen LogP contribution in [0.5, 0.6) is 5.75 Å². The van der Waals surface area contributed by atoms with Gasteiger partial charge in [0.1, 0.15) is 5.75 Å². The van der Waals surface area contributed by atoms with Crippen molar-refractivity contribution in [2.45, 2.75) is 39.2 Å². The first-order valence-corrected chi connectivity index (χ1v) is 9.51. The maximum atomic E-state index is 5.26. The Morgan fingerprint density at radius 2 is 2.04 bits per heavy atom. The molecule has 0 atom stereocenters. The molecule has 1 fully saturated rings. The maximum Gasteiger partial charge on any atom is 0.191 e. The van der Waals surface area contributed by atoms with Crippen molar-refractivity contribution in [3.05, 3.63) is 29.8 Å². The Labute approximate surface area is 152 Å². The van der Waals surface area contributed by atoms with E-state index in [9.17, 15) is 0 Å². The molecular weight excluding hydrogens is 312 g/mol. The van der Waals surface area contributed by atoms with E-state index in [0.717, 1.165) is 30.7 Å². The van der Waals surface area contributed by atoms with Crippen molar-refractivity contribution in [1.29, 1.82) is 0 Å². The van der Waals surface area contributed by atoms with Crippen LogP contribution in [-0.4, -0.2) is 51.2 Å². The molecule has 2 N–H and O–H groups in total. The molecule has 1 aliphatic heterocycles. The summed E-state index contributed by atoms with van der Waals surface area (Å²) in [5.41, 5.74) is 1.18. The second-order valence-corrected chi connectivity index (χ2v) is 6.94. The van der Waals surface area contributed by atoms with E-state index in [-0.39, 0.29) is 0 Å². The van der Waals surface area contributed by atoms with E-state index >= 15 is 0 Å². The van der Waals surface area contributed by atoms with E-state index in [4.69, 9.17) is 4.74 Å². The van der Waals surface area contributed by atoms with Crippen molar-refractivity contribution < 1.29 is 4.74 Å². The Hall–Kier alpha value is -1.75. The minimum atomic E-state index is 0.739. The van der Waals surface area contributed by atoms with E-state index in [1.54, 1.807) is 7.11 Å². The molecule has 5 nitrogen and oxygen atoms in total. The Morgan fingerprint density at radius 3 is 2.76 bits per heavy atom. The fourth-order valence-corrected chi connectivity index (χ4v) is 3.14. The van der Waals surface area contributed by atoms with E-state index in [2.05, 4.69) is 33.5 Å². The highest BCUT2D eigenvalue weighted by molar-refractivity contribution is 5.79. The van der Waals surface area contributed by atoms with Gasteiger partial charge in [-0.25, -0.2) is 0 Å². The second kappa shape index (κ2) is 11.0. The lowest BCUT2D eigenvalue weighted by Gasteiger charge is -2.30. The first-order valence-electron chi connectivity index (χ1n) is 9.51. The number of benzene rings is 1. The molecule has 0 unspecified atom stereocenters. The first kappa shape index (κ1) is 19.6. The Kier molecular flexibility index (Phi) is 8.60. The first-order chi connectivity index (χ1) is 12.2. The number of guanidine groups is 1. The van der Waals surface area contributed by atoms with Crippen LogP contribution in [0.1, 0.15) is 38.2 Å². The largest absolute Gasteiger partial charge is 0.497 e. The molecule has 1 aromatic rings. The van der Waals surface area contributed by atoms with Gasteiger partial charge < -0.3 is 20.3 Å². The lowest BCUT2D eigenvalue weighted by molar-refractivity contribution is 0.189. The number of hydrogen-bond acceptors (Lipinski definition) is 3. The van der Waals surface area contributed by atoms with Gasteiger partial charge in [-0.1, -0.05) is 19.1 Å². The fourth-order valence-electron chi connectivity index (χ4n) is 3.14. The number of unbranched alkanes of at least 4 members (excludes halogenated alkanes) is 1. The Bertz CT molecular complexity index is 524. The number of aliphatic imine (C=N–C) groups is 1. The summed E-state index contributed by atoms with van der Waals surface area (Å²) in [6.45, 7) is 7.84. The van der Waals surface area contributed by atoms with Gasteiger partial charge in [0.05, 0.1) is 7.11 Å². The number of rotatable bonds is 8. The molecule has 2 rings (SSSR count). The number of hydrogen-bond donors (Lipinski definition) is 2. The molecule has 0 bridgehead atoms. The number of nitrogens with zero attached hydrogens (tertiary/aromatic N) is 2. The van der Waals surface area contributed by atoms with Crippen molar-refractivity contribution in [3.8, 4) is 5.75 Å². The Balaban J connectivity index is 1.58. The van der Waals surface area contributed by atoms with Crippen molar-refractivity contribution >= 4 is 5.96 Å². The molecule has 0 aliphatic carbocycles. The van der Waals surface area contributed by atoms with Crippen LogP contribution < -0.4 is 15.4 Å². The van der Waals surface area contributed by atoms with Crippen LogP contribution >= 0.6 is 0 Å². The summed E-state index contributed by atoms with van der Waals surface area (Å²) in [6.07, 6.45) is 5.14. The zero-order chi connectivity index (χ0) is 17.9. The molecule has 0 radical (unpaired) electrons. The molecule has 0 saturated carbocycles. The monoisotopic (exact) mass is 346 g/mol. The highest BCUT2D eigenvalue weighted by Gasteiger charge is 2.14. The molecule has 1 aliphatic rings. The molecule has 1 aromatic carbocycles. The van der Waals surface area contributed by atoms with E-state index in [0.29, 0.717) is 0 Å². The number of nitrogens with one attached hydrogen (secondary N) is 2. The summed E-state index contributed by atoms with van der Waals surface area (Å²) in [6, 6.07) is 8.09. The number of methoxy groups -OCH3 is 1. The third-order valence-corrected chi connectivity index (χ3v) is 4.89. The van der Waals surface area contributed by atoms with Crippen LogP contribution in [0.15, 0.2) is 29.3 Å². The normalized spacial score (nSPS) is 16.7. The van der Waals surface area contributed by atoms with Crippen LogP contribution in [0.4, 0.5) is 0 Å². The molecule has 0 aromatic heterocycles. The van der Waals surface area contributed by atoms with E-state index in [1.807, 2.05) is 25.2 Å². The quantitative estimate of drug-likeness (QED) is 0.432. The average molecular weight is 347 g/mol. The van der Waals surface area contributed by atoms with Crippen LogP contribution in [0.2, 0.25) is 0 Å². The number of piperidine rings is 1.